The van der Waals surface area contributed by atoms with Gasteiger partial charge in [0, 0.05) is 25.5 Å². The average Bonchev–Trinajstić information content (AvgIpc) is 2.88. The molecule has 106 valence electrons. The van der Waals surface area contributed by atoms with Crippen molar-refractivity contribution < 1.29 is 8.42 Å². The van der Waals surface area contributed by atoms with E-state index in [1.165, 1.54) is 16.7 Å². The molecule has 1 aromatic rings. The van der Waals surface area contributed by atoms with Crippen molar-refractivity contribution in [3.8, 4) is 0 Å². The predicted molar refractivity (Wildman–Crippen MR) is 73.8 cm³/mol. The Morgan fingerprint density at radius 2 is 2.37 bits per heavy atom. The monoisotopic (exact) mass is 284 g/mol. The Morgan fingerprint density at radius 1 is 1.58 bits per heavy atom. The van der Waals surface area contributed by atoms with Crippen LogP contribution in [0.5, 0.6) is 0 Å². The summed E-state index contributed by atoms with van der Waals surface area (Å²) in [5.41, 5.74) is 2.80. The van der Waals surface area contributed by atoms with E-state index < -0.39 is 10.0 Å². The van der Waals surface area contributed by atoms with Crippen LogP contribution in [0.1, 0.15) is 26.2 Å². The van der Waals surface area contributed by atoms with Crippen LogP contribution in [-0.4, -0.2) is 30.8 Å². The van der Waals surface area contributed by atoms with Crippen LogP contribution in [0.15, 0.2) is 23.4 Å². The van der Waals surface area contributed by atoms with Crippen molar-refractivity contribution in [1.29, 1.82) is 0 Å². The molecule has 0 spiro atoms. The fourth-order valence-corrected chi connectivity index (χ4v) is 4.13. The zero-order valence-corrected chi connectivity index (χ0v) is 11.9. The van der Waals surface area contributed by atoms with Gasteiger partial charge in [0.25, 0.3) is 0 Å². The number of nitrogens with two attached hydrogens (primary N) is 1. The van der Waals surface area contributed by atoms with Gasteiger partial charge in [0.2, 0.25) is 10.0 Å². The molecule has 2 rings (SSSR count). The topological polar surface area (TPSA) is 88.3 Å². The lowest BCUT2D eigenvalue weighted by atomic mass is 10.0. The molecule has 19 heavy (non-hydrogen) atoms. The molecular formula is C12H20N4O2S. The van der Waals surface area contributed by atoms with Crippen molar-refractivity contribution in [2.75, 3.05) is 18.5 Å². The number of rotatable bonds is 5. The van der Waals surface area contributed by atoms with E-state index in [0.29, 0.717) is 24.7 Å². The van der Waals surface area contributed by atoms with Gasteiger partial charge in [-0.2, -0.15) is 4.31 Å². The van der Waals surface area contributed by atoms with Gasteiger partial charge in [-0.05, 0) is 24.8 Å². The molecule has 1 aromatic heterocycles. The van der Waals surface area contributed by atoms with Gasteiger partial charge in [0.1, 0.15) is 4.90 Å². The molecule has 1 saturated heterocycles. The van der Waals surface area contributed by atoms with E-state index >= 15 is 0 Å². The third-order valence-electron chi connectivity index (χ3n) is 3.50. The van der Waals surface area contributed by atoms with Crippen LogP contribution in [0.2, 0.25) is 0 Å². The molecule has 1 aliphatic rings. The number of nitrogens with zero attached hydrogens (tertiary/aromatic N) is 2. The number of sulfonamides is 1. The van der Waals surface area contributed by atoms with Crippen molar-refractivity contribution in [3.63, 3.8) is 0 Å². The zero-order valence-electron chi connectivity index (χ0n) is 11.0. The van der Waals surface area contributed by atoms with Crippen LogP contribution >= 0.6 is 0 Å². The Kier molecular flexibility index (Phi) is 4.38. The second-order valence-corrected chi connectivity index (χ2v) is 6.73. The molecule has 0 amide bonds. The largest absolute Gasteiger partial charge is 0.323 e. The molecule has 0 radical (unpaired) electrons. The summed E-state index contributed by atoms with van der Waals surface area (Å²) in [4.78, 5) is 4.03. The lowest BCUT2D eigenvalue weighted by molar-refractivity contribution is 0.444. The minimum absolute atomic E-state index is 0.148. The van der Waals surface area contributed by atoms with E-state index in [4.69, 9.17) is 5.84 Å². The summed E-state index contributed by atoms with van der Waals surface area (Å²) in [7, 11) is -3.50. The van der Waals surface area contributed by atoms with E-state index in [1.54, 1.807) is 6.07 Å². The smallest absolute Gasteiger partial charge is 0.246 e. The standard InChI is InChI=1S/C12H20N4O2S/c1-2-3-10-5-7-16(9-10)19(17,18)12-8-14-6-4-11(12)15-13/h4,6,8,10H,2-3,5,7,9,13H2,1H3,(H,14,15). The van der Waals surface area contributed by atoms with Gasteiger partial charge < -0.3 is 5.43 Å². The zero-order chi connectivity index (χ0) is 13.9. The summed E-state index contributed by atoms with van der Waals surface area (Å²) < 4.78 is 26.6. The number of hydrogen-bond donors (Lipinski definition) is 2. The van der Waals surface area contributed by atoms with E-state index in [2.05, 4.69) is 17.3 Å². The van der Waals surface area contributed by atoms with Crippen LogP contribution in [0, 0.1) is 5.92 Å². The van der Waals surface area contributed by atoms with Gasteiger partial charge in [0.05, 0.1) is 5.69 Å². The highest BCUT2D eigenvalue weighted by molar-refractivity contribution is 7.89. The fourth-order valence-electron chi connectivity index (χ4n) is 2.50. The highest BCUT2D eigenvalue weighted by atomic mass is 32.2. The Morgan fingerprint density at radius 3 is 3.05 bits per heavy atom. The van der Waals surface area contributed by atoms with Gasteiger partial charge in [-0.1, -0.05) is 13.3 Å². The minimum atomic E-state index is -3.50. The molecule has 0 aromatic carbocycles. The molecule has 3 N–H and O–H groups in total. The van der Waals surface area contributed by atoms with Gasteiger partial charge >= 0.3 is 0 Å². The first-order valence-corrected chi connectivity index (χ1v) is 7.94. The first-order chi connectivity index (χ1) is 9.09. The number of nitrogens with one attached hydrogen (secondary N) is 1. The lowest BCUT2D eigenvalue weighted by Gasteiger charge is -2.18. The normalized spacial score (nSPS) is 20.6. The molecule has 2 heterocycles. The maximum Gasteiger partial charge on any atom is 0.246 e. The molecule has 1 aliphatic heterocycles. The molecule has 0 bridgehead atoms. The number of hydrazine groups is 1. The van der Waals surface area contributed by atoms with Crippen molar-refractivity contribution in [1.82, 2.24) is 9.29 Å². The third-order valence-corrected chi connectivity index (χ3v) is 5.40. The first kappa shape index (κ1) is 14.2. The highest BCUT2D eigenvalue weighted by Crippen LogP contribution is 2.29. The second kappa shape index (κ2) is 5.85. The third kappa shape index (κ3) is 2.88. The SMILES string of the molecule is CCCC1CCN(S(=O)(=O)c2cnccc2NN)C1. The Bertz CT molecular complexity index is 532. The van der Waals surface area contributed by atoms with E-state index in [1.807, 2.05) is 0 Å². The Balaban J connectivity index is 2.24. The second-order valence-electron chi connectivity index (χ2n) is 4.82. The number of pyridine rings is 1. The number of nitrogen functional groups attached to an aromatic ring is 1. The van der Waals surface area contributed by atoms with Crippen LogP contribution < -0.4 is 11.3 Å². The van der Waals surface area contributed by atoms with E-state index in [0.717, 1.165) is 19.3 Å². The fraction of sp³-hybridized carbons (Fsp3) is 0.583. The van der Waals surface area contributed by atoms with Crippen LogP contribution in [0.3, 0.4) is 0 Å². The van der Waals surface area contributed by atoms with Crippen molar-refractivity contribution in [2.45, 2.75) is 31.1 Å². The molecular weight excluding hydrogens is 264 g/mol. The van der Waals surface area contributed by atoms with Gasteiger partial charge in [-0.15, -0.1) is 0 Å². The van der Waals surface area contributed by atoms with Crippen molar-refractivity contribution in [2.24, 2.45) is 11.8 Å². The van der Waals surface area contributed by atoms with Gasteiger partial charge in [-0.25, -0.2) is 8.42 Å². The number of hydrogen-bond acceptors (Lipinski definition) is 5. The highest BCUT2D eigenvalue weighted by Gasteiger charge is 2.33. The van der Waals surface area contributed by atoms with Crippen molar-refractivity contribution in [3.05, 3.63) is 18.5 Å². The van der Waals surface area contributed by atoms with E-state index in [9.17, 15) is 8.42 Å². The summed E-state index contributed by atoms with van der Waals surface area (Å²) in [6.07, 6.45) is 5.94. The molecule has 0 aliphatic carbocycles. The molecule has 1 fully saturated rings. The number of aromatic nitrogens is 1. The maximum atomic E-state index is 12.6. The van der Waals surface area contributed by atoms with E-state index in [-0.39, 0.29) is 4.90 Å². The van der Waals surface area contributed by atoms with Gasteiger partial charge in [-0.3, -0.25) is 10.8 Å². The molecule has 7 heteroatoms. The summed E-state index contributed by atoms with van der Waals surface area (Å²) in [5.74, 6) is 5.82. The molecule has 1 atom stereocenters. The number of anilines is 1. The van der Waals surface area contributed by atoms with Gasteiger partial charge in [0.15, 0.2) is 0 Å². The van der Waals surface area contributed by atoms with Crippen molar-refractivity contribution >= 4 is 15.7 Å². The average molecular weight is 284 g/mol. The lowest BCUT2D eigenvalue weighted by Crippen LogP contribution is -2.30. The Labute approximate surface area is 114 Å². The maximum absolute atomic E-state index is 12.6. The predicted octanol–water partition coefficient (Wildman–Crippen LogP) is 1.18. The molecule has 6 nitrogen and oxygen atoms in total. The van der Waals surface area contributed by atoms with Crippen LogP contribution in [0.25, 0.3) is 0 Å². The first-order valence-electron chi connectivity index (χ1n) is 6.50. The van der Waals surface area contributed by atoms with Crippen LogP contribution in [0.4, 0.5) is 5.69 Å². The quantitative estimate of drug-likeness (QED) is 0.626. The molecule has 0 saturated carbocycles. The summed E-state index contributed by atoms with van der Waals surface area (Å²) in [6.45, 7) is 3.29. The summed E-state index contributed by atoms with van der Waals surface area (Å²) in [5, 5.41) is 0. The molecule has 1 unspecified atom stereocenters. The summed E-state index contributed by atoms with van der Waals surface area (Å²) >= 11 is 0. The summed E-state index contributed by atoms with van der Waals surface area (Å²) in [6, 6.07) is 1.56. The van der Waals surface area contributed by atoms with Crippen LogP contribution in [-0.2, 0) is 10.0 Å². The Hall–Kier alpha value is -1.18. The minimum Gasteiger partial charge on any atom is -0.323 e.